The van der Waals surface area contributed by atoms with Crippen LogP contribution in [0.5, 0.6) is 11.5 Å². The van der Waals surface area contributed by atoms with Crippen molar-refractivity contribution in [2.24, 2.45) is 0 Å². The molecule has 0 saturated heterocycles. The Hall–Kier alpha value is -3.07. The number of aromatic amines is 1. The van der Waals surface area contributed by atoms with Crippen LogP contribution < -0.4 is 20.3 Å². The minimum atomic E-state index is -0.256. The van der Waals surface area contributed by atoms with Crippen LogP contribution in [0.15, 0.2) is 23.0 Å². The lowest BCUT2D eigenvalue weighted by atomic mass is 10.1. The number of rotatable bonds is 4. The second kappa shape index (κ2) is 6.92. The molecule has 10 heteroatoms. The average molecular weight is 390 g/mol. The molecule has 0 aliphatic carbocycles. The molecule has 0 spiro atoms. The number of H-pyrrole nitrogens is 1. The summed E-state index contributed by atoms with van der Waals surface area (Å²) in [5.41, 5.74) is 1.03. The molecule has 1 aliphatic heterocycles. The Balaban J connectivity index is 1.44. The molecule has 1 aromatic carbocycles. The van der Waals surface area contributed by atoms with Gasteiger partial charge < -0.3 is 14.8 Å². The van der Waals surface area contributed by atoms with Gasteiger partial charge in [-0.2, -0.15) is 9.50 Å². The predicted octanol–water partition coefficient (Wildman–Crippen LogP) is 1.01. The molecule has 27 heavy (non-hydrogen) atoms. The van der Waals surface area contributed by atoms with Crippen molar-refractivity contribution < 1.29 is 14.3 Å². The van der Waals surface area contributed by atoms with Gasteiger partial charge in [-0.25, -0.2) is 4.98 Å². The zero-order valence-corrected chi connectivity index (χ0v) is 15.2. The standard InChI is InChI=1S/C17H16ClN5O4/c1-9-4-15(25)23-17(20-9)21-13(22-23)8-19-14(24)7-10-5-11(18)16-12(6-10)26-2-3-27-16/h4-6H,2-3,7-8H2,1H3,(H,19,24)(H,20,21,22). The third kappa shape index (κ3) is 3.59. The topological polar surface area (TPSA) is 111 Å². The summed E-state index contributed by atoms with van der Waals surface area (Å²) in [6.45, 7) is 2.74. The van der Waals surface area contributed by atoms with Gasteiger partial charge >= 0.3 is 0 Å². The summed E-state index contributed by atoms with van der Waals surface area (Å²) in [6.07, 6.45) is 0.119. The summed E-state index contributed by atoms with van der Waals surface area (Å²) in [7, 11) is 0. The van der Waals surface area contributed by atoms with Gasteiger partial charge in [-0.05, 0) is 24.6 Å². The quantitative estimate of drug-likeness (QED) is 0.689. The molecule has 0 atom stereocenters. The van der Waals surface area contributed by atoms with Crippen LogP contribution in [0.2, 0.25) is 5.02 Å². The lowest BCUT2D eigenvalue weighted by Crippen LogP contribution is -2.25. The SMILES string of the molecule is Cc1cc(=O)n2[nH]c(CNC(=O)Cc3cc(Cl)c4c(c3)OCCO4)nc2n1. The summed E-state index contributed by atoms with van der Waals surface area (Å²) >= 11 is 6.19. The number of aryl methyl sites for hydroxylation is 1. The van der Waals surface area contributed by atoms with Crippen LogP contribution in [0.4, 0.5) is 0 Å². The number of aromatic nitrogens is 4. The Labute approximate surface area is 158 Å². The molecule has 0 saturated carbocycles. The minimum absolute atomic E-state index is 0.119. The van der Waals surface area contributed by atoms with Gasteiger partial charge in [-0.1, -0.05) is 11.6 Å². The Morgan fingerprint density at radius 3 is 2.96 bits per heavy atom. The van der Waals surface area contributed by atoms with E-state index in [2.05, 4.69) is 20.4 Å². The van der Waals surface area contributed by atoms with E-state index in [1.54, 1.807) is 19.1 Å². The molecule has 0 radical (unpaired) electrons. The van der Waals surface area contributed by atoms with Crippen LogP contribution in [-0.4, -0.2) is 38.7 Å². The molecule has 9 nitrogen and oxygen atoms in total. The number of benzene rings is 1. The van der Waals surface area contributed by atoms with Crippen molar-refractivity contribution in [2.75, 3.05) is 13.2 Å². The van der Waals surface area contributed by atoms with Crippen LogP contribution in [0.1, 0.15) is 17.1 Å². The van der Waals surface area contributed by atoms with Gasteiger partial charge in [-0.3, -0.25) is 14.7 Å². The molecular formula is C17H16ClN5O4. The van der Waals surface area contributed by atoms with Crippen LogP contribution in [-0.2, 0) is 17.8 Å². The van der Waals surface area contributed by atoms with Gasteiger partial charge in [0.2, 0.25) is 5.91 Å². The predicted molar refractivity (Wildman–Crippen MR) is 96.3 cm³/mol. The highest BCUT2D eigenvalue weighted by Gasteiger charge is 2.18. The number of carbonyl (C=O) groups excluding carboxylic acids is 1. The first-order valence-electron chi connectivity index (χ1n) is 8.29. The third-order valence-corrected chi connectivity index (χ3v) is 4.26. The van der Waals surface area contributed by atoms with Crippen LogP contribution >= 0.6 is 11.6 Å². The highest BCUT2D eigenvalue weighted by atomic mass is 35.5. The lowest BCUT2D eigenvalue weighted by Gasteiger charge is -2.20. The first-order chi connectivity index (χ1) is 13.0. The molecular weight excluding hydrogens is 374 g/mol. The van der Waals surface area contributed by atoms with Crippen molar-refractivity contribution in [3.05, 3.63) is 50.7 Å². The molecule has 2 N–H and O–H groups in total. The molecule has 3 aromatic rings. The molecule has 0 bridgehead atoms. The number of fused-ring (bicyclic) bond motifs is 2. The van der Waals surface area contributed by atoms with E-state index < -0.39 is 0 Å². The third-order valence-electron chi connectivity index (χ3n) is 3.98. The fourth-order valence-electron chi connectivity index (χ4n) is 2.81. The van der Waals surface area contributed by atoms with Crippen LogP contribution in [0.25, 0.3) is 5.78 Å². The average Bonchev–Trinajstić information content (AvgIpc) is 3.03. The summed E-state index contributed by atoms with van der Waals surface area (Å²) in [6, 6.07) is 4.83. The normalized spacial score (nSPS) is 13.0. The first-order valence-corrected chi connectivity index (χ1v) is 8.67. The number of hydrogen-bond acceptors (Lipinski definition) is 6. The second-order valence-electron chi connectivity index (χ2n) is 6.10. The molecule has 3 heterocycles. The molecule has 0 fully saturated rings. The van der Waals surface area contributed by atoms with E-state index in [1.807, 2.05) is 0 Å². The van der Waals surface area contributed by atoms with Gasteiger partial charge in [-0.15, -0.1) is 0 Å². The largest absolute Gasteiger partial charge is 0.486 e. The highest BCUT2D eigenvalue weighted by molar-refractivity contribution is 6.32. The first kappa shape index (κ1) is 17.3. The van der Waals surface area contributed by atoms with E-state index in [1.165, 1.54) is 10.6 Å². The van der Waals surface area contributed by atoms with Gasteiger partial charge in [0, 0.05) is 11.8 Å². The Kier molecular flexibility index (Phi) is 4.44. The molecule has 2 aromatic heterocycles. The molecule has 140 valence electrons. The molecule has 1 amide bonds. The van der Waals surface area contributed by atoms with E-state index >= 15 is 0 Å². The van der Waals surface area contributed by atoms with Gasteiger partial charge in [0.15, 0.2) is 11.5 Å². The van der Waals surface area contributed by atoms with E-state index in [0.717, 1.165) is 0 Å². The van der Waals surface area contributed by atoms with E-state index in [4.69, 9.17) is 21.1 Å². The van der Waals surface area contributed by atoms with Crippen molar-refractivity contribution in [2.45, 2.75) is 19.9 Å². The van der Waals surface area contributed by atoms with Crippen LogP contribution in [0, 0.1) is 6.92 Å². The Bertz CT molecular complexity index is 1090. The van der Waals surface area contributed by atoms with Crippen molar-refractivity contribution in [1.82, 2.24) is 24.9 Å². The minimum Gasteiger partial charge on any atom is -0.486 e. The molecule has 4 rings (SSSR count). The maximum absolute atomic E-state index is 12.2. The smallest absolute Gasteiger partial charge is 0.274 e. The van der Waals surface area contributed by atoms with Crippen molar-refractivity contribution >= 4 is 23.3 Å². The van der Waals surface area contributed by atoms with Gasteiger partial charge in [0.1, 0.15) is 19.0 Å². The van der Waals surface area contributed by atoms with Gasteiger partial charge in [0.25, 0.3) is 11.3 Å². The molecule has 0 unspecified atom stereocenters. The number of ether oxygens (including phenoxy) is 2. The maximum atomic E-state index is 12.2. The summed E-state index contributed by atoms with van der Waals surface area (Å²) in [4.78, 5) is 32.5. The summed E-state index contributed by atoms with van der Waals surface area (Å²) in [5, 5.41) is 5.98. The van der Waals surface area contributed by atoms with E-state index in [9.17, 15) is 9.59 Å². The van der Waals surface area contributed by atoms with E-state index in [-0.39, 0.29) is 30.2 Å². The number of nitrogens with one attached hydrogen (secondary N) is 2. The Morgan fingerprint density at radius 1 is 1.30 bits per heavy atom. The fraction of sp³-hybridized carbons (Fsp3) is 0.294. The highest BCUT2D eigenvalue weighted by Crippen LogP contribution is 2.38. The van der Waals surface area contributed by atoms with Crippen molar-refractivity contribution in [3.63, 3.8) is 0 Å². The van der Waals surface area contributed by atoms with Crippen molar-refractivity contribution in [1.29, 1.82) is 0 Å². The number of nitrogens with zero attached hydrogens (tertiary/aromatic N) is 3. The number of amides is 1. The van der Waals surface area contributed by atoms with Crippen molar-refractivity contribution in [3.8, 4) is 11.5 Å². The van der Waals surface area contributed by atoms with Gasteiger partial charge in [0.05, 0.1) is 18.0 Å². The number of halogens is 1. The zero-order valence-electron chi connectivity index (χ0n) is 14.4. The molecule has 1 aliphatic rings. The van der Waals surface area contributed by atoms with E-state index in [0.29, 0.717) is 46.8 Å². The monoisotopic (exact) mass is 389 g/mol. The zero-order chi connectivity index (χ0) is 19.0. The lowest BCUT2D eigenvalue weighted by molar-refractivity contribution is -0.120. The summed E-state index contributed by atoms with van der Waals surface area (Å²) in [5.74, 6) is 1.51. The second-order valence-corrected chi connectivity index (χ2v) is 6.50. The summed E-state index contributed by atoms with van der Waals surface area (Å²) < 4.78 is 12.2. The van der Waals surface area contributed by atoms with Crippen LogP contribution in [0.3, 0.4) is 0 Å². The number of carbonyl (C=O) groups is 1. The fourth-order valence-corrected chi connectivity index (χ4v) is 3.10. The number of hydrogen-bond donors (Lipinski definition) is 2. The Morgan fingerprint density at radius 2 is 2.11 bits per heavy atom. The maximum Gasteiger partial charge on any atom is 0.274 e.